The lowest BCUT2D eigenvalue weighted by Crippen LogP contribution is -2.31. The standard InChI is InChI=1S/C15H27NO/c1-12(2)13-8-9-16(10-13)11-14-6-4-3-5-7-15(14)17/h12-14H,3-11H2,1-2H3. The molecule has 0 aromatic rings. The summed E-state index contributed by atoms with van der Waals surface area (Å²) in [6.07, 6.45) is 6.96. The highest BCUT2D eigenvalue weighted by molar-refractivity contribution is 5.81. The number of hydrogen-bond acceptors (Lipinski definition) is 2. The van der Waals surface area contributed by atoms with Crippen LogP contribution in [0, 0.1) is 17.8 Å². The molecule has 1 saturated heterocycles. The number of Topliss-reactive ketones (excluding diaryl/α,β-unsaturated/α-hetero) is 1. The molecule has 1 aliphatic carbocycles. The molecule has 1 saturated carbocycles. The van der Waals surface area contributed by atoms with Crippen molar-refractivity contribution in [2.24, 2.45) is 17.8 Å². The van der Waals surface area contributed by atoms with E-state index in [9.17, 15) is 4.79 Å². The van der Waals surface area contributed by atoms with Crippen LogP contribution >= 0.6 is 0 Å². The maximum atomic E-state index is 12.0. The Bertz CT molecular complexity index is 262. The van der Waals surface area contributed by atoms with Crippen molar-refractivity contribution in [2.45, 2.75) is 52.4 Å². The monoisotopic (exact) mass is 237 g/mol. The van der Waals surface area contributed by atoms with E-state index in [4.69, 9.17) is 0 Å². The second-order valence-electron chi connectivity index (χ2n) is 6.31. The smallest absolute Gasteiger partial charge is 0.137 e. The Labute approximate surface area is 106 Å². The molecular weight excluding hydrogens is 210 g/mol. The topological polar surface area (TPSA) is 20.3 Å². The maximum absolute atomic E-state index is 12.0. The van der Waals surface area contributed by atoms with Crippen LogP contribution in [0.1, 0.15) is 52.4 Å². The van der Waals surface area contributed by atoms with Crippen molar-refractivity contribution in [2.75, 3.05) is 19.6 Å². The minimum absolute atomic E-state index is 0.350. The van der Waals surface area contributed by atoms with Crippen LogP contribution in [0.2, 0.25) is 0 Å². The molecule has 0 radical (unpaired) electrons. The molecule has 98 valence electrons. The zero-order valence-electron chi connectivity index (χ0n) is 11.5. The second kappa shape index (κ2) is 5.99. The van der Waals surface area contributed by atoms with Crippen LogP contribution in [-0.2, 0) is 4.79 Å². The third-order valence-corrected chi connectivity index (χ3v) is 4.66. The van der Waals surface area contributed by atoms with Crippen LogP contribution in [0.5, 0.6) is 0 Å². The van der Waals surface area contributed by atoms with Gasteiger partial charge in [0.1, 0.15) is 5.78 Å². The van der Waals surface area contributed by atoms with Crippen molar-refractivity contribution in [1.29, 1.82) is 0 Å². The molecule has 0 aromatic heterocycles. The summed E-state index contributed by atoms with van der Waals surface area (Å²) in [5, 5.41) is 0. The summed E-state index contributed by atoms with van der Waals surface area (Å²) in [4.78, 5) is 14.5. The van der Waals surface area contributed by atoms with Gasteiger partial charge in [-0.3, -0.25) is 4.79 Å². The SMILES string of the molecule is CC(C)C1CCN(CC2CCCCCC2=O)C1. The average molecular weight is 237 g/mol. The van der Waals surface area contributed by atoms with E-state index in [1.807, 2.05) is 0 Å². The van der Waals surface area contributed by atoms with Crippen molar-refractivity contribution in [1.82, 2.24) is 4.90 Å². The molecule has 2 atom stereocenters. The van der Waals surface area contributed by atoms with Gasteiger partial charge < -0.3 is 4.90 Å². The fourth-order valence-electron chi connectivity index (χ4n) is 3.31. The molecule has 17 heavy (non-hydrogen) atoms. The number of nitrogens with zero attached hydrogens (tertiary/aromatic N) is 1. The number of hydrogen-bond donors (Lipinski definition) is 0. The minimum atomic E-state index is 0.350. The molecule has 0 amide bonds. The summed E-state index contributed by atoms with van der Waals surface area (Å²) < 4.78 is 0. The van der Waals surface area contributed by atoms with Gasteiger partial charge in [-0.05, 0) is 37.6 Å². The molecule has 2 unspecified atom stereocenters. The van der Waals surface area contributed by atoms with Crippen molar-refractivity contribution >= 4 is 5.78 Å². The molecule has 0 N–H and O–H groups in total. The molecule has 0 bridgehead atoms. The van der Waals surface area contributed by atoms with Gasteiger partial charge in [0.25, 0.3) is 0 Å². The molecule has 2 fully saturated rings. The Balaban J connectivity index is 1.82. The third-order valence-electron chi connectivity index (χ3n) is 4.66. The van der Waals surface area contributed by atoms with Crippen LogP contribution in [0.25, 0.3) is 0 Å². The molecule has 1 heterocycles. The number of likely N-dealkylation sites (tertiary alicyclic amines) is 1. The van der Waals surface area contributed by atoms with Gasteiger partial charge >= 0.3 is 0 Å². The first-order chi connectivity index (χ1) is 8.16. The minimum Gasteiger partial charge on any atom is -0.302 e. The number of carbonyl (C=O) groups excluding carboxylic acids is 1. The number of carbonyl (C=O) groups is 1. The van der Waals surface area contributed by atoms with E-state index in [0.29, 0.717) is 11.7 Å². The van der Waals surface area contributed by atoms with Gasteiger partial charge in [0.05, 0.1) is 0 Å². The Hall–Kier alpha value is -0.370. The van der Waals surface area contributed by atoms with Crippen LogP contribution in [0.3, 0.4) is 0 Å². The van der Waals surface area contributed by atoms with E-state index < -0.39 is 0 Å². The Morgan fingerprint density at radius 3 is 2.76 bits per heavy atom. The van der Waals surface area contributed by atoms with E-state index in [-0.39, 0.29) is 0 Å². The van der Waals surface area contributed by atoms with Crippen molar-refractivity contribution < 1.29 is 4.79 Å². The number of ketones is 1. The third kappa shape index (κ3) is 3.54. The first-order valence-corrected chi connectivity index (χ1v) is 7.42. The molecule has 2 aliphatic rings. The molecule has 0 aromatic carbocycles. The van der Waals surface area contributed by atoms with Crippen molar-refractivity contribution in [3.8, 4) is 0 Å². The summed E-state index contributed by atoms with van der Waals surface area (Å²) in [5.41, 5.74) is 0. The average Bonchev–Trinajstić information content (AvgIpc) is 2.66. The lowest BCUT2D eigenvalue weighted by Gasteiger charge is -2.22. The predicted octanol–water partition coefficient (Wildman–Crippen LogP) is 3.11. The normalized spacial score (nSPS) is 32.1. The van der Waals surface area contributed by atoms with E-state index in [1.54, 1.807) is 0 Å². The van der Waals surface area contributed by atoms with E-state index in [2.05, 4.69) is 18.7 Å². The van der Waals surface area contributed by atoms with Gasteiger partial charge in [-0.15, -0.1) is 0 Å². The van der Waals surface area contributed by atoms with Gasteiger partial charge in [0, 0.05) is 25.4 Å². The van der Waals surface area contributed by atoms with Crippen LogP contribution in [-0.4, -0.2) is 30.3 Å². The second-order valence-corrected chi connectivity index (χ2v) is 6.31. The van der Waals surface area contributed by atoms with E-state index >= 15 is 0 Å². The van der Waals surface area contributed by atoms with Gasteiger partial charge in [-0.2, -0.15) is 0 Å². The first-order valence-electron chi connectivity index (χ1n) is 7.42. The first kappa shape index (κ1) is 13.1. The zero-order valence-corrected chi connectivity index (χ0v) is 11.5. The lowest BCUT2D eigenvalue weighted by molar-refractivity contribution is -0.123. The van der Waals surface area contributed by atoms with Crippen LogP contribution < -0.4 is 0 Å². The highest BCUT2D eigenvalue weighted by atomic mass is 16.1. The molecule has 2 rings (SSSR count). The molecular formula is C15H27NO. The quantitative estimate of drug-likeness (QED) is 0.703. The van der Waals surface area contributed by atoms with Crippen LogP contribution in [0.15, 0.2) is 0 Å². The number of rotatable bonds is 3. The summed E-state index contributed by atoms with van der Waals surface area (Å²) in [6.45, 7) is 8.13. The van der Waals surface area contributed by atoms with E-state index in [1.165, 1.54) is 32.4 Å². The lowest BCUT2D eigenvalue weighted by atomic mass is 9.95. The highest BCUT2D eigenvalue weighted by Crippen LogP contribution is 2.27. The predicted molar refractivity (Wildman–Crippen MR) is 71.0 cm³/mol. The summed E-state index contributed by atoms with van der Waals surface area (Å²) in [5.74, 6) is 2.54. The Kier molecular flexibility index (Phi) is 4.61. The molecule has 2 nitrogen and oxygen atoms in total. The fraction of sp³-hybridized carbons (Fsp3) is 0.933. The summed E-state index contributed by atoms with van der Waals surface area (Å²) in [6, 6.07) is 0. The van der Waals surface area contributed by atoms with E-state index in [0.717, 1.165) is 37.6 Å². The summed E-state index contributed by atoms with van der Waals surface area (Å²) in [7, 11) is 0. The van der Waals surface area contributed by atoms with Crippen molar-refractivity contribution in [3.05, 3.63) is 0 Å². The van der Waals surface area contributed by atoms with Gasteiger partial charge in [-0.1, -0.05) is 26.7 Å². The maximum Gasteiger partial charge on any atom is 0.137 e. The van der Waals surface area contributed by atoms with Gasteiger partial charge in [0.15, 0.2) is 0 Å². The van der Waals surface area contributed by atoms with Gasteiger partial charge in [0.2, 0.25) is 0 Å². The highest BCUT2D eigenvalue weighted by Gasteiger charge is 2.29. The Morgan fingerprint density at radius 1 is 1.24 bits per heavy atom. The van der Waals surface area contributed by atoms with Crippen molar-refractivity contribution in [3.63, 3.8) is 0 Å². The fourth-order valence-corrected chi connectivity index (χ4v) is 3.31. The van der Waals surface area contributed by atoms with Gasteiger partial charge in [-0.25, -0.2) is 0 Å². The largest absolute Gasteiger partial charge is 0.302 e. The van der Waals surface area contributed by atoms with Crippen LogP contribution in [0.4, 0.5) is 0 Å². The molecule has 1 aliphatic heterocycles. The summed E-state index contributed by atoms with van der Waals surface area (Å²) >= 11 is 0. The molecule has 0 spiro atoms. The zero-order chi connectivity index (χ0) is 12.3. The molecule has 2 heteroatoms. The Morgan fingerprint density at radius 2 is 2.06 bits per heavy atom.